The molecular formula is C21H27NO5S. The first-order valence-corrected chi connectivity index (χ1v) is 11.0. The van der Waals surface area contributed by atoms with Crippen LogP contribution in [0.3, 0.4) is 0 Å². The number of carbonyl (C=O) groups excluding carboxylic acids is 1. The number of nitrogens with zero attached hydrogens (tertiary/aromatic N) is 1. The largest absolute Gasteiger partial charge is 0.497 e. The van der Waals surface area contributed by atoms with Gasteiger partial charge in [-0.2, -0.15) is 8.42 Å². The highest BCUT2D eigenvalue weighted by Crippen LogP contribution is 2.17. The van der Waals surface area contributed by atoms with Crippen molar-refractivity contribution < 1.29 is 22.1 Å². The zero-order valence-corrected chi connectivity index (χ0v) is 17.4. The Morgan fingerprint density at radius 2 is 1.54 bits per heavy atom. The normalized spacial score (nSPS) is 11.1. The highest BCUT2D eigenvalue weighted by Gasteiger charge is 2.15. The van der Waals surface area contributed by atoms with Gasteiger partial charge in [0.2, 0.25) is 5.91 Å². The first-order valence-electron chi connectivity index (χ1n) is 9.20. The Hall–Kier alpha value is -2.54. The van der Waals surface area contributed by atoms with Gasteiger partial charge in [-0.15, -0.1) is 0 Å². The van der Waals surface area contributed by atoms with E-state index < -0.39 is 10.1 Å². The van der Waals surface area contributed by atoms with E-state index in [0.717, 1.165) is 36.0 Å². The minimum Gasteiger partial charge on any atom is -0.497 e. The summed E-state index contributed by atoms with van der Waals surface area (Å²) in [6.07, 6.45) is 3.24. The van der Waals surface area contributed by atoms with Crippen molar-refractivity contribution in [1.82, 2.24) is 4.90 Å². The lowest BCUT2D eigenvalue weighted by Gasteiger charge is -2.23. The second-order valence-electron chi connectivity index (χ2n) is 6.63. The average Bonchev–Trinajstić information content (AvgIpc) is 2.65. The molecule has 0 saturated heterocycles. The monoisotopic (exact) mass is 405 g/mol. The average molecular weight is 406 g/mol. The van der Waals surface area contributed by atoms with Gasteiger partial charge in [0.1, 0.15) is 11.5 Å². The third kappa shape index (κ3) is 7.23. The quantitative estimate of drug-likeness (QED) is 0.567. The maximum atomic E-state index is 12.8. The van der Waals surface area contributed by atoms with Crippen molar-refractivity contribution in [2.45, 2.75) is 32.7 Å². The lowest BCUT2D eigenvalue weighted by atomic mass is 10.1. The second-order valence-corrected chi connectivity index (χ2v) is 8.20. The standard InChI is InChI=1S/C21H27NO5S/c1-4-5-14-22(21(23)15-17-6-10-19(26-2)11-7-17)16-18-8-12-20(13-9-18)27-28(3,24)25/h6-13H,4-5,14-16H2,1-3H3. The van der Waals surface area contributed by atoms with E-state index in [4.69, 9.17) is 8.92 Å². The number of benzene rings is 2. The molecule has 0 aliphatic carbocycles. The molecule has 0 aliphatic heterocycles. The summed E-state index contributed by atoms with van der Waals surface area (Å²) in [5.41, 5.74) is 1.85. The van der Waals surface area contributed by atoms with Crippen LogP contribution in [0.15, 0.2) is 48.5 Å². The van der Waals surface area contributed by atoms with E-state index >= 15 is 0 Å². The fraction of sp³-hybridized carbons (Fsp3) is 0.381. The van der Waals surface area contributed by atoms with Crippen LogP contribution < -0.4 is 8.92 Å². The van der Waals surface area contributed by atoms with E-state index in [-0.39, 0.29) is 11.7 Å². The fourth-order valence-corrected chi connectivity index (χ4v) is 3.18. The van der Waals surface area contributed by atoms with Crippen LogP contribution in [0.2, 0.25) is 0 Å². The Morgan fingerprint density at radius 1 is 0.964 bits per heavy atom. The summed E-state index contributed by atoms with van der Waals surface area (Å²) in [4.78, 5) is 14.7. The van der Waals surface area contributed by atoms with Crippen LogP contribution >= 0.6 is 0 Å². The Balaban J connectivity index is 2.06. The van der Waals surface area contributed by atoms with Gasteiger partial charge in [-0.05, 0) is 41.8 Å². The third-order valence-corrected chi connectivity index (χ3v) is 4.69. The molecule has 2 aromatic carbocycles. The Morgan fingerprint density at radius 3 is 2.07 bits per heavy atom. The van der Waals surface area contributed by atoms with Crippen LogP contribution in [0, 0.1) is 0 Å². The molecule has 1 amide bonds. The molecule has 7 heteroatoms. The number of unbranched alkanes of at least 4 members (excludes halogenated alkanes) is 1. The lowest BCUT2D eigenvalue weighted by Crippen LogP contribution is -2.32. The first kappa shape index (κ1) is 21.8. The maximum absolute atomic E-state index is 12.8. The van der Waals surface area contributed by atoms with Crippen LogP contribution in [0.5, 0.6) is 11.5 Å². The zero-order chi connectivity index (χ0) is 20.6. The summed E-state index contributed by atoms with van der Waals surface area (Å²) in [5.74, 6) is 1.07. The molecule has 0 heterocycles. The van der Waals surface area contributed by atoms with E-state index in [9.17, 15) is 13.2 Å². The molecule has 0 atom stereocenters. The highest BCUT2D eigenvalue weighted by molar-refractivity contribution is 7.86. The molecule has 0 saturated carbocycles. The van der Waals surface area contributed by atoms with E-state index in [2.05, 4.69) is 6.92 Å². The molecule has 2 rings (SSSR count). The maximum Gasteiger partial charge on any atom is 0.306 e. The molecule has 0 unspecified atom stereocenters. The van der Waals surface area contributed by atoms with Gasteiger partial charge >= 0.3 is 10.1 Å². The molecule has 2 aromatic rings. The number of carbonyl (C=O) groups is 1. The van der Waals surface area contributed by atoms with Gasteiger partial charge in [0.05, 0.1) is 19.8 Å². The topological polar surface area (TPSA) is 72.9 Å². The summed E-state index contributed by atoms with van der Waals surface area (Å²) < 4.78 is 32.4. The summed E-state index contributed by atoms with van der Waals surface area (Å²) >= 11 is 0. The van der Waals surface area contributed by atoms with Gasteiger partial charge in [0.25, 0.3) is 0 Å². The van der Waals surface area contributed by atoms with Crippen molar-refractivity contribution in [2.24, 2.45) is 0 Å². The molecule has 0 aliphatic rings. The van der Waals surface area contributed by atoms with Crippen LogP contribution in [-0.4, -0.2) is 39.1 Å². The van der Waals surface area contributed by atoms with Crippen LogP contribution in [0.4, 0.5) is 0 Å². The van der Waals surface area contributed by atoms with Crippen molar-refractivity contribution in [3.8, 4) is 11.5 Å². The van der Waals surface area contributed by atoms with Gasteiger partial charge in [0, 0.05) is 13.1 Å². The van der Waals surface area contributed by atoms with E-state index in [0.29, 0.717) is 19.5 Å². The fourth-order valence-electron chi connectivity index (χ4n) is 2.72. The number of ether oxygens (including phenoxy) is 1. The molecule has 6 nitrogen and oxygen atoms in total. The molecule has 0 aromatic heterocycles. The third-order valence-electron chi connectivity index (χ3n) is 4.19. The molecule has 0 spiro atoms. The van der Waals surface area contributed by atoms with Gasteiger partial charge in [-0.1, -0.05) is 37.6 Å². The minimum atomic E-state index is -3.55. The molecule has 0 N–H and O–H groups in total. The van der Waals surface area contributed by atoms with E-state index in [1.54, 1.807) is 31.4 Å². The predicted molar refractivity (Wildman–Crippen MR) is 109 cm³/mol. The minimum absolute atomic E-state index is 0.0510. The summed E-state index contributed by atoms with van der Waals surface area (Å²) in [5, 5.41) is 0. The number of methoxy groups -OCH3 is 1. The first-order chi connectivity index (χ1) is 13.3. The number of amides is 1. The number of hydrogen-bond acceptors (Lipinski definition) is 5. The summed E-state index contributed by atoms with van der Waals surface area (Å²) in [7, 11) is -1.94. The van der Waals surface area contributed by atoms with Crippen molar-refractivity contribution in [1.29, 1.82) is 0 Å². The van der Waals surface area contributed by atoms with E-state index in [1.807, 2.05) is 29.2 Å². The van der Waals surface area contributed by atoms with Crippen LogP contribution in [0.1, 0.15) is 30.9 Å². The van der Waals surface area contributed by atoms with E-state index in [1.165, 1.54) is 0 Å². The summed E-state index contributed by atoms with van der Waals surface area (Å²) in [6.45, 7) is 3.23. The van der Waals surface area contributed by atoms with Gasteiger partial charge in [-0.25, -0.2) is 0 Å². The molecule has 28 heavy (non-hydrogen) atoms. The van der Waals surface area contributed by atoms with Gasteiger partial charge in [-0.3, -0.25) is 4.79 Å². The van der Waals surface area contributed by atoms with Crippen molar-refractivity contribution >= 4 is 16.0 Å². The van der Waals surface area contributed by atoms with Crippen molar-refractivity contribution in [3.63, 3.8) is 0 Å². The molecule has 152 valence electrons. The Kier molecular flexibility index (Phi) is 7.87. The number of hydrogen-bond donors (Lipinski definition) is 0. The van der Waals surface area contributed by atoms with Crippen molar-refractivity contribution in [2.75, 3.05) is 19.9 Å². The Bertz CT molecular complexity index is 861. The smallest absolute Gasteiger partial charge is 0.306 e. The predicted octanol–water partition coefficient (Wildman–Crippen LogP) is 3.41. The lowest BCUT2D eigenvalue weighted by molar-refractivity contribution is -0.131. The molecule has 0 fully saturated rings. The Labute approximate surface area is 167 Å². The number of rotatable bonds is 10. The summed E-state index contributed by atoms with van der Waals surface area (Å²) in [6, 6.07) is 14.2. The van der Waals surface area contributed by atoms with Crippen molar-refractivity contribution in [3.05, 3.63) is 59.7 Å². The molecule has 0 bridgehead atoms. The molecular weight excluding hydrogens is 378 g/mol. The molecule has 0 radical (unpaired) electrons. The van der Waals surface area contributed by atoms with Gasteiger partial charge in [0.15, 0.2) is 0 Å². The SMILES string of the molecule is CCCCN(Cc1ccc(OS(C)(=O)=O)cc1)C(=O)Cc1ccc(OC)cc1. The highest BCUT2D eigenvalue weighted by atomic mass is 32.2. The second kappa shape index (κ2) is 10.1. The van der Waals surface area contributed by atoms with Crippen LogP contribution in [-0.2, 0) is 27.9 Å². The van der Waals surface area contributed by atoms with Gasteiger partial charge < -0.3 is 13.8 Å². The van der Waals surface area contributed by atoms with Crippen LogP contribution in [0.25, 0.3) is 0 Å². The zero-order valence-electron chi connectivity index (χ0n) is 16.6.